The van der Waals surface area contributed by atoms with Gasteiger partial charge in [0, 0.05) is 49.4 Å². The van der Waals surface area contributed by atoms with Gasteiger partial charge in [0.1, 0.15) is 0 Å². The molecule has 386 valence electrons. The second-order valence-corrected chi connectivity index (χ2v) is 25.7. The Morgan fingerprint density at radius 3 is 1.16 bits per heavy atom. The van der Waals surface area contributed by atoms with Gasteiger partial charge >= 0.3 is 0 Å². The minimum atomic E-state index is -2.65. The van der Waals surface area contributed by atoms with E-state index in [1.807, 2.05) is 0 Å². The summed E-state index contributed by atoms with van der Waals surface area (Å²) in [6, 6.07) is 111. The van der Waals surface area contributed by atoms with Gasteiger partial charge in [-0.05, 0) is 133 Å². The minimum absolute atomic E-state index is 0.0864. The average Bonchev–Trinajstić information content (AvgIpc) is 3.66. The molecular weight excluding hydrogens is 1010 g/mol. The number of nitrogens with zero attached hydrogens (tertiary/aromatic N) is 3. The largest absolute Gasteiger partial charge is 0.334 e. The lowest BCUT2D eigenvalue weighted by Crippen LogP contribution is -2.74. The van der Waals surface area contributed by atoms with Crippen LogP contribution in [0.2, 0.25) is 0 Å². The Morgan fingerprint density at radius 2 is 0.707 bits per heavy atom. The number of anilines is 2. The Kier molecular flexibility index (Phi) is 11.4. The molecule has 0 aliphatic heterocycles. The monoisotopic (exact) mass is 1060 g/mol. The van der Waals surface area contributed by atoms with Gasteiger partial charge in [-0.2, -0.15) is 0 Å². The second kappa shape index (κ2) is 19.5. The molecule has 0 bridgehead atoms. The van der Waals surface area contributed by atoms with E-state index in [0.717, 1.165) is 23.5 Å². The third kappa shape index (κ3) is 7.64. The van der Waals surface area contributed by atoms with Crippen molar-refractivity contribution in [2.24, 2.45) is 0 Å². The average molecular weight is 1060 g/mol. The molecule has 16 rings (SSSR count). The maximum Gasteiger partial charge on any atom is 0.179 e. The number of benzene rings is 12. The van der Waals surface area contributed by atoms with Gasteiger partial charge in [-0.3, -0.25) is 0 Å². The maximum atomic E-state index is 2.53. The van der Waals surface area contributed by atoms with Gasteiger partial charge in [-0.1, -0.05) is 243 Å². The number of para-hydroxylation sites is 4. The zero-order chi connectivity index (χ0) is 54.1. The Bertz CT molecular complexity index is 4670. The van der Waals surface area contributed by atoms with E-state index in [2.05, 4.69) is 329 Å². The molecule has 1 aliphatic rings. The molecule has 15 aromatic rings. The highest BCUT2D eigenvalue weighted by Gasteiger charge is 2.41. The first kappa shape index (κ1) is 47.7. The number of fused-ring (bicyclic) bond motifs is 9. The summed E-state index contributed by atoms with van der Waals surface area (Å²) >= 11 is 0. The first-order valence-electron chi connectivity index (χ1n) is 28.6. The van der Waals surface area contributed by atoms with Crippen molar-refractivity contribution in [1.82, 2.24) is 8.97 Å². The highest BCUT2D eigenvalue weighted by atomic mass is 28.3. The maximum absolute atomic E-state index is 2.65. The topological polar surface area (TPSA) is 12.6 Å². The van der Waals surface area contributed by atoms with Crippen LogP contribution in [-0.4, -0.2) is 23.1 Å². The fraction of sp³-hybridized carbons (Fsp3) is 0.0256. The van der Waals surface area contributed by atoms with Crippen molar-refractivity contribution in [3.05, 3.63) is 321 Å². The molecule has 0 radical (unpaired) electrons. The lowest BCUT2D eigenvalue weighted by Gasteiger charge is -2.34. The van der Waals surface area contributed by atoms with Gasteiger partial charge < -0.3 is 13.9 Å². The van der Waals surface area contributed by atoms with Crippen LogP contribution in [0.3, 0.4) is 0 Å². The highest BCUT2D eigenvalue weighted by Crippen LogP contribution is 2.43. The number of hydrogen-bond donors (Lipinski definition) is 0. The van der Waals surface area contributed by atoms with Crippen LogP contribution >= 0.6 is 0 Å². The standard InChI is InChI=1S/C78H55N3Si/c1-4-18-64(19-5-1)82(65-20-6-2-7-21-65,66-22-8-3-9-23-66)67-50-40-57(41-51-67)56-34-44-61(45-35-56)79(60-42-32-54(33-43-60)55-36-48-63(49-37-55)80-74-28-14-10-24-68(74)69-25-11-15-29-75(69)80)62-46-38-58(39-47-62)59-52-72-70-26-12-16-30-76(70)81-77-31-17-13-27-71(77)73(53-59)78(72)81/h1-42,44-53,60H,43H2. The molecule has 0 spiro atoms. The summed E-state index contributed by atoms with van der Waals surface area (Å²) in [5, 5.41) is 13.2. The number of aromatic nitrogens is 2. The summed E-state index contributed by atoms with van der Waals surface area (Å²) in [6.45, 7) is 0. The molecule has 3 heterocycles. The van der Waals surface area contributed by atoms with E-state index in [4.69, 9.17) is 0 Å². The Hall–Kier alpha value is -10.3. The molecule has 1 aliphatic carbocycles. The molecule has 82 heavy (non-hydrogen) atoms. The first-order valence-corrected chi connectivity index (χ1v) is 30.6. The summed E-state index contributed by atoms with van der Waals surface area (Å²) in [5.41, 5.74) is 17.0. The summed E-state index contributed by atoms with van der Waals surface area (Å²) in [4.78, 5) is 2.53. The second-order valence-electron chi connectivity index (χ2n) is 21.9. The zero-order valence-corrected chi connectivity index (χ0v) is 46.1. The highest BCUT2D eigenvalue weighted by molar-refractivity contribution is 7.19. The van der Waals surface area contributed by atoms with Gasteiger partial charge in [0.2, 0.25) is 0 Å². The van der Waals surface area contributed by atoms with Crippen molar-refractivity contribution >= 4 is 106 Å². The van der Waals surface area contributed by atoms with Crippen LogP contribution in [0.1, 0.15) is 12.0 Å². The summed E-state index contributed by atoms with van der Waals surface area (Å²) in [6.07, 6.45) is 8.01. The third-order valence-corrected chi connectivity index (χ3v) is 22.3. The van der Waals surface area contributed by atoms with Crippen molar-refractivity contribution in [2.45, 2.75) is 12.5 Å². The van der Waals surface area contributed by atoms with Crippen LogP contribution in [0.5, 0.6) is 0 Å². The zero-order valence-electron chi connectivity index (χ0n) is 45.1. The van der Waals surface area contributed by atoms with Gasteiger partial charge in [-0.15, -0.1) is 0 Å². The third-order valence-electron chi connectivity index (χ3n) is 17.5. The molecule has 0 saturated carbocycles. The molecule has 4 heteroatoms. The van der Waals surface area contributed by atoms with E-state index >= 15 is 0 Å². The van der Waals surface area contributed by atoms with Crippen molar-refractivity contribution in [3.63, 3.8) is 0 Å². The molecule has 1 unspecified atom stereocenters. The van der Waals surface area contributed by atoms with Crippen molar-refractivity contribution in [2.75, 3.05) is 4.90 Å². The van der Waals surface area contributed by atoms with Crippen LogP contribution in [0, 0.1) is 0 Å². The van der Waals surface area contributed by atoms with E-state index in [9.17, 15) is 0 Å². The Labute approximate surface area is 478 Å². The first-order chi connectivity index (χ1) is 40.7. The van der Waals surface area contributed by atoms with Gasteiger partial charge in [0.25, 0.3) is 0 Å². The van der Waals surface area contributed by atoms with Gasteiger partial charge in [0.05, 0.1) is 33.6 Å². The van der Waals surface area contributed by atoms with E-state index in [1.165, 1.54) is 114 Å². The van der Waals surface area contributed by atoms with E-state index in [-0.39, 0.29) is 6.04 Å². The molecule has 0 amide bonds. The predicted molar refractivity (Wildman–Crippen MR) is 350 cm³/mol. The molecular formula is C78H55N3Si. The summed E-state index contributed by atoms with van der Waals surface area (Å²) < 4.78 is 4.84. The minimum Gasteiger partial charge on any atom is -0.334 e. The molecule has 0 saturated heterocycles. The lowest BCUT2D eigenvalue weighted by atomic mass is 9.95. The Morgan fingerprint density at radius 1 is 0.329 bits per heavy atom. The van der Waals surface area contributed by atoms with Gasteiger partial charge in [-0.25, -0.2) is 0 Å². The molecule has 0 fully saturated rings. The van der Waals surface area contributed by atoms with Crippen molar-refractivity contribution in [1.29, 1.82) is 0 Å². The lowest BCUT2D eigenvalue weighted by molar-refractivity contribution is 0.787. The fourth-order valence-corrected chi connectivity index (χ4v) is 18.5. The normalized spacial score (nSPS) is 13.7. The van der Waals surface area contributed by atoms with E-state index in [1.54, 1.807) is 0 Å². The summed E-state index contributed by atoms with van der Waals surface area (Å²) in [5.74, 6) is 0. The van der Waals surface area contributed by atoms with Gasteiger partial charge in [0.15, 0.2) is 8.07 Å². The molecule has 12 aromatic carbocycles. The van der Waals surface area contributed by atoms with Crippen LogP contribution in [0.25, 0.3) is 93.4 Å². The van der Waals surface area contributed by atoms with Crippen LogP contribution < -0.4 is 25.6 Å². The number of hydrogen-bond acceptors (Lipinski definition) is 1. The number of allylic oxidation sites excluding steroid dienone is 2. The predicted octanol–water partition coefficient (Wildman–Crippen LogP) is 17.2. The summed E-state index contributed by atoms with van der Waals surface area (Å²) in [7, 11) is -2.65. The molecule has 3 nitrogen and oxygen atoms in total. The number of rotatable bonds is 11. The van der Waals surface area contributed by atoms with Crippen LogP contribution in [-0.2, 0) is 0 Å². The molecule has 1 atom stereocenters. The Balaban J connectivity index is 0.751. The quantitative estimate of drug-likeness (QED) is 0.0929. The van der Waals surface area contributed by atoms with E-state index < -0.39 is 8.07 Å². The van der Waals surface area contributed by atoms with Crippen molar-refractivity contribution < 1.29 is 0 Å². The van der Waals surface area contributed by atoms with Crippen molar-refractivity contribution in [3.8, 4) is 27.9 Å². The van der Waals surface area contributed by atoms with E-state index in [0.29, 0.717) is 0 Å². The molecule has 3 aromatic heterocycles. The SMILES string of the molecule is C1=CC(N(c2ccc(-c3ccc([Si](c4ccccc4)(c4ccccc4)c4ccccc4)cc3)cc2)c2ccc(-c3cc4c5ccccc5n5c6ccccc6c(c3)c45)cc2)CC=C1c1ccc(-n2c3ccccc3c3ccccc32)cc1. The smallest absolute Gasteiger partial charge is 0.179 e. The fourth-order valence-electron chi connectivity index (χ4n) is 13.8. The van der Waals surface area contributed by atoms with Crippen LogP contribution in [0.15, 0.2) is 315 Å². The van der Waals surface area contributed by atoms with Crippen LogP contribution in [0.4, 0.5) is 11.4 Å². The molecule has 0 N–H and O–H groups in total.